The standard InChI is InChI=1S/C10H9BrClNO2/c11-8-2-1-6(12)3-7(8)9-4-13-10(14)5-15-9/h1-3,9H,4-5H2,(H,13,14)/t9-/m1/s1. The quantitative estimate of drug-likeness (QED) is 0.862. The zero-order valence-corrected chi connectivity index (χ0v) is 10.1. The Labute approximate surface area is 101 Å². The fourth-order valence-corrected chi connectivity index (χ4v) is 2.14. The molecule has 1 fully saturated rings. The zero-order valence-electron chi connectivity index (χ0n) is 7.80. The van der Waals surface area contributed by atoms with Crippen molar-refractivity contribution in [1.82, 2.24) is 5.32 Å². The van der Waals surface area contributed by atoms with Gasteiger partial charge in [0, 0.05) is 16.0 Å². The van der Waals surface area contributed by atoms with E-state index in [-0.39, 0.29) is 18.6 Å². The van der Waals surface area contributed by atoms with Crippen LogP contribution in [0.2, 0.25) is 5.02 Å². The fraction of sp³-hybridized carbons (Fsp3) is 0.300. The highest BCUT2D eigenvalue weighted by Gasteiger charge is 2.21. The van der Waals surface area contributed by atoms with Gasteiger partial charge in [-0.2, -0.15) is 0 Å². The molecule has 0 spiro atoms. The van der Waals surface area contributed by atoms with Crippen LogP contribution in [0.15, 0.2) is 22.7 Å². The van der Waals surface area contributed by atoms with Crippen LogP contribution in [0.3, 0.4) is 0 Å². The summed E-state index contributed by atoms with van der Waals surface area (Å²) in [6, 6.07) is 5.52. The molecule has 5 heteroatoms. The van der Waals surface area contributed by atoms with Gasteiger partial charge in [-0.05, 0) is 23.8 Å². The first-order chi connectivity index (χ1) is 7.16. The summed E-state index contributed by atoms with van der Waals surface area (Å²) < 4.78 is 6.35. The van der Waals surface area contributed by atoms with Crippen LogP contribution in [0.5, 0.6) is 0 Å². The summed E-state index contributed by atoms with van der Waals surface area (Å²) >= 11 is 9.33. The third kappa shape index (κ3) is 2.51. The highest BCUT2D eigenvalue weighted by Crippen LogP contribution is 2.29. The van der Waals surface area contributed by atoms with E-state index in [9.17, 15) is 4.79 Å². The van der Waals surface area contributed by atoms with Gasteiger partial charge < -0.3 is 10.1 Å². The van der Waals surface area contributed by atoms with Crippen molar-refractivity contribution in [2.45, 2.75) is 6.10 Å². The Hall–Kier alpha value is -0.580. The van der Waals surface area contributed by atoms with Crippen LogP contribution in [-0.4, -0.2) is 19.1 Å². The minimum atomic E-state index is -0.129. The van der Waals surface area contributed by atoms with Crippen molar-refractivity contribution in [1.29, 1.82) is 0 Å². The number of nitrogens with one attached hydrogen (secondary N) is 1. The van der Waals surface area contributed by atoms with Gasteiger partial charge in [-0.1, -0.05) is 27.5 Å². The van der Waals surface area contributed by atoms with Gasteiger partial charge >= 0.3 is 0 Å². The van der Waals surface area contributed by atoms with Crippen molar-refractivity contribution >= 4 is 33.4 Å². The molecule has 0 aliphatic carbocycles. The number of hydrogen-bond acceptors (Lipinski definition) is 2. The highest BCUT2D eigenvalue weighted by molar-refractivity contribution is 9.10. The number of halogens is 2. The summed E-state index contributed by atoms with van der Waals surface area (Å²) in [6.07, 6.45) is -0.129. The van der Waals surface area contributed by atoms with Gasteiger partial charge in [-0.15, -0.1) is 0 Å². The lowest BCUT2D eigenvalue weighted by atomic mass is 10.1. The lowest BCUT2D eigenvalue weighted by Gasteiger charge is -2.24. The molecule has 1 aromatic rings. The lowest BCUT2D eigenvalue weighted by Crippen LogP contribution is -2.38. The SMILES string of the molecule is O=C1CO[C@@H](c2cc(Cl)ccc2Br)CN1. The molecule has 0 bridgehead atoms. The van der Waals surface area contributed by atoms with E-state index >= 15 is 0 Å². The minimum absolute atomic E-state index is 0.0793. The molecular weight excluding hydrogens is 281 g/mol. The fourth-order valence-electron chi connectivity index (χ4n) is 1.45. The third-order valence-corrected chi connectivity index (χ3v) is 3.16. The van der Waals surface area contributed by atoms with E-state index in [0.29, 0.717) is 11.6 Å². The van der Waals surface area contributed by atoms with Crippen molar-refractivity contribution < 1.29 is 9.53 Å². The van der Waals surface area contributed by atoms with E-state index in [2.05, 4.69) is 21.2 Å². The van der Waals surface area contributed by atoms with Crippen LogP contribution in [0, 0.1) is 0 Å². The van der Waals surface area contributed by atoms with Crippen LogP contribution in [0.4, 0.5) is 0 Å². The first-order valence-electron chi connectivity index (χ1n) is 4.50. The molecule has 1 aliphatic rings. The number of carbonyl (C=O) groups is 1. The summed E-state index contributed by atoms with van der Waals surface area (Å²) in [5, 5.41) is 3.41. The summed E-state index contributed by atoms with van der Waals surface area (Å²) in [5.41, 5.74) is 0.961. The maximum atomic E-state index is 10.9. The van der Waals surface area contributed by atoms with Gasteiger partial charge in [0.15, 0.2) is 0 Å². The topological polar surface area (TPSA) is 38.3 Å². The van der Waals surface area contributed by atoms with Crippen molar-refractivity contribution in [2.75, 3.05) is 13.2 Å². The van der Waals surface area contributed by atoms with Gasteiger partial charge in [0.25, 0.3) is 0 Å². The van der Waals surface area contributed by atoms with Crippen molar-refractivity contribution in [3.8, 4) is 0 Å². The molecule has 2 rings (SSSR count). The molecule has 0 aromatic heterocycles. The molecule has 3 nitrogen and oxygen atoms in total. The van der Waals surface area contributed by atoms with Crippen LogP contribution >= 0.6 is 27.5 Å². The average molecular weight is 291 g/mol. The van der Waals surface area contributed by atoms with Crippen molar-refractivity contribution in [3.05, 3.63) is 33.3 Å². The maximum absolute atomic E-state index is 10.9. The molecule has 1 aliphatic heterocycles. The van der Waals surface area contributed by atoms with Gasteiger partial charge in [0.2, 0.25) is 5.91 Å². The number of rotatable bonds is 1. The summed E-state index contributed by atoms with van der Waals surface area (Å²) in [5.74, 6) is -0.0793. The highest BCUT2D eigenvalue weighted by atomic mass is 79.9. The molecule has 15 heavy (non-hydrogen) atoms. The van der Waals surface area contributed by atoms with Gasteiger partial charge in [-0.25, -0.2) is 0 Å². The Morgan fingerprint density at radius 2 is 2.33 bits per heavy atom. The Kier molecular flexibility index (Phi) is 3.29. The second-order valence-corrected chi connectivity index (χ2v) is 4.56. The molecule has 80 valence electrons. The van der Waals surface area contributed by atoms with Crippen molar-refractivity contribution in [3.63, 3.8) is 0 Å². The molecule has 1 aromatic carbocycles. The predicted molar refractivity (Wildman–Crippen MR) is 60.9 cm³/mol. The molecule has 0 saturated carbocycles. The predicted octanol–water partition coefficient (Wildman–Crippen LogP) is 2.29. The number of morpholine rings is 1. The molecule has 1 saturated heterocycles. The van der Waals surface area contributed by atoms with Crippen LogP contribution in [-0.2, 0) is 9.53 Å². The van der Waals surface area contributed by atoms with Crippen LogP contribution in [0.1, 0.15) is 11.7 Å². The first-order valence-corrected chi connectivity index (χ1v) is 5.67. The van der Waals surface area contributed by atoms with E-state index in [4.69, 9.17) is 16.3 Å². The molecular formula is C10H9BrClNO2. The number of carbonyl (C=O) groups excluding carboxylic acids is 1. The second-order valence-electron chi connectivity index (χ2n) is 3.27. The molecule has 1 atom stereocenters. The van der Waals surface area contributed by atoms with Crippen LogP contribution < -0.4 is 5.32 Å². The van der Waals surface area contributed by atoms with E-state index in [1.165, 1.54) is 0 Å². The van der Waals surface area contributed by atoms with E-state index < -0.39 is 0 Å². The van der Waals surface area contributed by atoms with E-state index in [1.54, 1.807) is 6.07 Å². The summed E-state index contributed by atoms with van der Waals surface area (Å²) in [7, 11) is 0. The number of amides is 1. The van der Waals surface area contributed by atoms with E-state index in [1.807, 2.05) is 12.1 Å². The molecule has 0 radical (unpaired) electrons. The molecule has 1 amide bonds. The zero-order chi connectivity index (χ0) is 10.8. The Morgan fingerprint density at radius 3 is 3.00 bits per heavy atom. The summed E-state index contributed by atoms with van der Waals surface area (Å²) in [4.78, 5) is 10.9. The Bertz CT molecular complexity index is 387. The number of ether oxygens (including phenoxy) is 1. The number of benzene rings is 1. The smallest absolute Gasteiger partial charge is 0.246 e. The van der Waals surface area contributed by atoms with Gasteiger partial charge in [0.1, 0.15) is 12.7 Å². The van der Waals surface area contributed by atoms with Gasteiger partial charge in [-0.3, -0.25) is 4.79 Å². The molecule has 0 unspecified atom stereocenters. The average Bonchev–Trinajstić information content (AvgIpc) is 2.23. The van der Waals surface area contributed by atoms with Crippen LogP contribution in [0.25, 0.3) is 0 Å². The summed E-state index contributed by atoms with van der Waals surface area (Å²) in [6.45, 7) is 0.585. The third-order valence-electron chi connectivity index (χ3n) is 2.21. The maximum Gasteiger partial charge on any atom is 0.246 e. The normalized spacial score (nSPS) is 21.2. The largest absolute Gasteiger partial charge is 0.362 e. The second kappa shape index (κ2) is 4.51. The van der Waals surface area contributed by atoms with Crippen molar-refractivity contribution in [2.24, 2.45) is 0 Å². The van der Waals surface area contributed by atoms with Gasteiger partial charge in [0.05, 0.1) is 0 Å². The molecule has 1 N–H and O–H groups in total. The van der Waals surface area contributed by atoms with E-state index in [0.717, 1.165) is 10.0 Å². The Morgan fingerprint density at radius 1 is 1.53 bits per heavy atom. The Balaban J connectivity index is 2.21. The monoisotopic (exact) mass is 289 g/mol. The lowest BCUT2D eigenvalue weighted by molar-refractivity contribution is -0.133. The number of hydrogen-bond donors (Lipinski definition) is 1. The molecule has 1 heterocycles. The minimum Gasteiger partial charge on any atom is -0.362 e. The first kappa shape index (κ1) is 10.9.